The normalized spacial score (nSPS) is 12.6. The molecule has 7 aromatic carbocycles. The van der Waals surface area contributed by atoms with Crippen molar-refractivity contribution in [1.29, 1.82) is 0 Å². The lowest BCUT2D eigenvalue weighted by molar-refractivity contribution is 0.360. The summed E-state index contributed by atoms with van der Waals surface area (Å²) in [4.78, 5) is 15.1. The molecule has 0 N–H and O–H groups in total. The Morgan fingerprint density at radius 1 is 0.412 bits per heavy atom. The van der Waals surface area contributed by atoms with Crippen molar-refractivity contribution in [3.8, 4) is 57.2 Å². The predicted molar refractivity (Wildman–Crippen MR) is 201 cm³/mol. The molecule has 0 spiro atoms. The van der Waals surface area contributed by atoms with Crippen LogP contribution < -0.4 is 9.47 Å². The Labute approximate surface area is 292 Å². The largest absolute Gasteiger partial charge is 0.456 e. The summed E-state index contributed by atoms with van der Waals surface area (Å²) in [6.07, 6.45) is 0. The number of aromatic nitrogens is 3. The Bertz CT molecular complexity index is 3210. The third-order valence-electron chi connectivity index (χ3n) is 9.73. The first-order chi connectivity index (χ1) is 25.2. The Morgan fingerprint density at radius 3 is 1.84 bits per heavy atom. The van der Waals surface area contributed by atoms with Crippen LogP contribution in [0.4, 0.5) is 0 Å². The average molecular weight is 676 g/mol. The Morgan fingerprint density at radius 2 is 1.04 bits per heavy atom. The summed E-state index contributed by atoms with van der Waals surface area (Å²) < 4.78 is 27.7. The van der Waals surface area contributed by atoms with Gasteiger partial charge in [-0.2, -0.15) is 0 Å². The van der Waals surface area contributed by atoms with Crippen LogP contribution in [-0.4, -0.2) is 15.0 Å². The number of hydrogen-bond acceptors (Lipinski definition) is 8. The first-order valence-corrected chi connectivity index (χ1v) is 17.4. The van der Waals surface area contributed by atoms with E-state index >= 15 is 0 Å². The molecule has 0 fully saturated rings. The van der Waals surface area contributed by atoms with Gasteiger partial charge in [-0.05, 0) is 71.4 Å². The number of ether oxygens (including phenoxy) is 2. The molecule has 0 radical (unpaired) electrons. The summed E-state index contributed by atoms with van der Waals surface area (Å²) >= 11 is 1.74. The van der Waals surface area contributed by atoms with Crippen LogP contribution in [0.25, 0.3) is 98.2 Å². The number of benzene rings is 7. The number of hydrogen-bond donors (Lipinski definition) is 0. The van der Waals surface area contributed by atoms with E-state index in [0.717, 1.165) is 70.7 Å². The Hall–Kier alpha value is -6.77. The van der Waals surface area contributed by atoms with Gasteiger partial charge in [-0.15, -0.1) is 11.3 Å². The van der Waals surface area contributed by atoms with Gasteiger partial charge in [0.2, 0.25) is 0 Å². The van der Waals surface area contributed by atoms with E-state index in [0.29, 0.717) is 40.5 Å². The van der Waals surface area contributed by atoms with E-state index in [9.17, 15) is 0 Å². The molecule has 12 rings (SSSR count). The highest BCUT2D eigenvalue weighted by Crippen LogP contribution is 2.50. The van der Waals surface area contributed by atoms with Crippen molar-refractivity contribution in [3.63, 3.8) is 0 Å². The van der Waals surface area contributed by atoms with Crippen molar-refractivity contribution in [3.05, 3.63) is 127 Å². The van der Waals surface area contributed by atoms with E-state index in [2.05, 4.69) is 36.4 Å². The minimum absolute atomic E-state index is 0.520. The van der Waals surface area contributed by atoms with Gasteiger partial charge in [-0.25, -0.2) is 15.0 Å². The van der Waals surface area contributed by atoms with Crippen molar-refractivity contribution in [2.45, 2.75) is 0 Å². The average Bonchev–Trinajstić information content (AvgIpc) is 3.69. The van der Waals surface area contributed by atoms with Gasteiger partial charge in [-0.3, -0.25) is 0 Å². The fraction of sp³-hybridized carbons (Fsp3) is 0. The fourth-order valence-electron chi connectivity index (χ4n) is 7.43. The minimum Gasteiger partial charge on any atom is -0.456 e. The van der Waals surface area contributed by atoms with Crippen molar-refractivity contribution in [2.75, 3.05) is 0 Å². The molecule has 0 saturated carbocycles. The van der Waals surface area contributed by atoms with Crippen LogP contribution in [0.15, 0.2) is 136 Å². The summed E-state index contributed by atoms with van der Waals surface area (Å²) in [7, 11) is 0. The molecule has 238 valence electrons. The van der Waals surface area contributed by atoms with Gasteiger partial charge in [0.1, 0.15) is 22.3 Å². The second kappa shape index (κ2) is 9.90. The third kappa shape index (κ3) is 3.90. The van der Waals surface area contributed by atoms with Gasteiger partial charge in [0.05, 0.1) is 0 Å². The quantitative estimate of drug-likeness (QED) is 0.184. The van der Waals surface area contributed by atoms with Crippen molar-refractivity contribution in [1.82, 2.24) is 15.0 Å². The van der Waals surface area contributed by atoms with Gasteiger partial charge in [0.25, 0.3) is 0 Å². The second-order valence-corrected chi connectivity index (χ2v) is 13.8. The zero-order chi connectivity index (χ0) is 33.2. The molecule has 0 unspecified atom stereocenters. The fourth-order valence-corrected chi connectivity index (χ4v) is 8.75. The van der Waals surface area contributed by atoms with Gasteiger partial charge in [0, 0.05) is 47.6 Å². The molecule has 0 bridgehead atoms. The van der Waals surface area contributed by atoms with Crippen LogP contribution in [0.1, 0.15) is 0 Å². The van der Waals surface area contributed by atoms with E-state index in [-0.39, 0.29) is 0 Å². The zero-order valence-corrected chi connectivity index (χ0v) is 27.3. The highest BCUT2D eigenvalue weighted by atomic mass is 32.1. The summed E-state index contributed by atoms with van der Waals surface area (Å²) in [5.41, 5.74) is 5.81. The molecule has 51 heavy (non-hydrogen) atoms. The zero-order valence-electron chi connectivity index (χ0n) is 26.5. The molecule has 1 aliphatic heterocycles. The lowest BCUT2D eigenvalue weighted by Crippen LogP contribution is -2.02. The molecule has 1 aliphatic rings. The predicted octanol–water partition coefficient (Wildman–Crippen LogP) is 12.4. The molecular weight excluding hydrogens is 655 g/mol. The third-order valence-corrected chi connectivity index (χ3v) is 10.9. The smallest absolute Gasteiger partial charge is 0.170 e. The summed E-state index contributed by atoms with van der Waals surface area (Å²) in [6.45, 7) is 0. The number of fused-ring (bicyclic) bond motifs is 4. The first-order valence-electron chi connectivity index (χ1n) is 16.6. The van der Waals surface area contributed by atoms with Crippen LogP contribution in [0, 0.1) is 0 Å². The topological polar surface area (TPSA) is 83.4 Å². The first kappa shape index (κ1) is 27.1. The molecular formula is C43H21N3O4S. The maximum atomic E-state index is 6.60. The lowest BCUT2D eigenvalue weighted by atomic mass is 10.0. The highest BCUT2D eigenvalue weighted by Gasteiger charge is 2.24. The van der Waals surface area contributed by atoms with Crippen molar-refractivity contribution >= 4 is 75.4 Å². The van der Waals surface area contributed by atoms with Gasteiger partial charge in [0.15, 0.2) is 40.5 Å². The number of para-hydroxylation sites is 2. The van der Waals surface area contributed by atoms with Gasteiger partial charge < -0.3 is 18.3 Å². The molecule has 5 heterocycles. The molecule has 11 aromatic rings. The van der Waals surface area contributed by atoms with E-state index < -0.39 is 0 Å². The number of rotatable bonds is 3. The Kier molecular flexibility index (Phi) is 5.26. The molecule has 0 atom stereocenters. The molecule has 0 amide bonds. The summed E-state index contributed by atoms with van der Waals surface area (Å²) in [6, 6.07) is 42.3. The van der Waals surface area contributed by atoms with Crippen LogP contribution >= 0.6 is 11.3 Å². The van der Waals surface area contributed by atoms with Gasteiger partial charge in [-0.1, -0.05) is 66.7 Å². The monoisotopic (exact) mass is 675 g/mol. The van der Waals surface area contributed by atoms with Crippen LogP contribution in [-0.2, 0) is 0 Å². The number of nitrogens with zero attached hydrogens (tertiary/aromatic N) is 3. The molecule has 0 saturated heterocycles. The van der Waals surface area contributed by atoms with Crippen molar-refractivity contribution in [2.24, 2.45) is 0 Å². The van der Waals surface area contributed by atoms with Crippen LogP contribution in [0.2, 0.25) is 0 Å². The second-order valence-electron chi connectivity index (χ2n) is 12.8. The molecule has 0 aliphatic carbocycles. The van der Waals surface area contributed by atoms with Gasteiger partial charge >= 0.3 is 0 Å². The summed E-state index contributed by atoms with van der Waals surface area (Å²) in [5, 5.41) is 6.68. The summed E-state index contributed by atoms with van der Waals surface area (Å²) in [5.74, 6) is 4.20. The van der Waals surface area contributed by atoms with Crippen LogP contribution in [0.5, 0.6) is 23.0 Å². The van der Waals surface area contributed by atoms with Crippen LogP contribution in [0.3, 0.4) is 0 Å². The maximum Gasteiger partial charge on any atom is 0.170 e. The van der Waals surface area contributed by atoms with E-state index in [4.69, 9.17) is 33.3 Å². The van der Waals surface area contributed by atoms with Crippen molar-refractivity contribution < 1.29 is 18.3 Å². The highest BCUT2D eigenvalue weighted by molar-refractivity contribution is 7.25. The minimum atomic E-state index is 0.520. The molecule has 7 nitrogen and oxygen atoms in total. The Balaban J connectivity index is 1.11. The molecule has 4 aromatic heterocycles. The molecule has 8 heteroatoms. The standard InChI is InChI=1S/C43H21N3O4S/c1-2-8-22(9-3-1)41-44-42(24-14-15-29-32(19-24)48-28-13-7-6-12-27(28)47-29)46-43(45-41)25-20-33-36-35(21-25)51-40-26-11-5-4-10-23(26)18-34-39(40)38-31(50-34)17-16-30(49-33)37(36)38/h1-21H. The SMILES string of the molecule is c1ccc(-c2nc(-c3ccc4c(c3)Oc3ccccc3O4)nc(-c3cc4oc5ccc6oc7cc8ccccc8c8sc(c3)c4c5c6c78)n2)cc1. The van der Waals surface area contributed by atoms with E-state index in [1.54, 1.807) is 11.3 Å². The number of furan rings is 2. The maximum absolute atomic E-state index is 6.60. The van der Waals surface area contributed by atoms with E-state index in [1.807, 2.05) is 91.0 Å². The lowest BCUT2D eigenvalue weighted by Gasteiger charge is -2.20. The van der Waals surface area contributed by atoms with E-state index in [1.165, 1.54) is 10.1 Å².